The van der Waals surface area contributed by atoms with Gasteiger partial charge in [-0.1, -0.05) is 6.07 Å². The Hall–Kier alpha value is -1.84. The van der Waals surface area contributed by atoms with Gasteiger partial charge in [-0.3, -0.25) is 4.79 Å². The highest BCUT2D eigenvalue weighted by Crippen LogP contribution is 2.69. The molecule has 4 atom stereocenters. The van der Waals surface area contributed by atoms with E-state index in [1.807, 2.05) is 0 Å². The van der Waals surface area contributed by atoms with Crippen molar-refractivity contribution >= 4 is 17.6 Å². The lowest BCUT2D eigenvalue weighted by atomic mass is 10.0. The third-order valence-corrected chi connectivity index (χ3v) is 5.42. The Morgan fingerprint density at radius 2 is 1.85 bits per heavy atom. The van der Waals surface area contributed by atoms with Gasteiger partial charge in [0.05, 0.1) is 5.56 Å². The van der Waals surface area contributed by atoms with Crippen LogP contribution in [0.25, 0.3) is 0 Å². The summed E-state index contributed by atoms with van der Waals surface area (Å²) in [6, 6.07) is 6.46. The first-order chi connectivity index (χ1) is 9.65. The smallest absolute Gasteiger partial charge is 0.335 e. The standard InChI is InChI=1S/C16H17NO3/c18-15(14-12-8-4-5-9(6-8)13(12)14)17-11-3-1-2-10(7-11)16(19)20/h1-3,7-9,12-14H,4-6H2,(H,17,18)(H,19,20). The molecule has 3 fully saturated rings. The van der Waals surface area contributed by atoms with E-state index < -0.39 is 5.97 Å². The molecule has 2 bridgehead atoms. The highest BCUT2D eigenvalue weighted by atomic mass is 16.4. The van der Waals surface area contributed by atoms with E-state index in [0.717, 1.165) is 11.8 Å². The molecule has 0 saturated heterocycles. The molecule has 2 N–H and O–H groups in total. The topological polar surface area (TPSA) is 66.4 Å². The van der Waals surface area contributed by atoms with Crippen molar-refractivity contribution < 1.29 is 14.7 Å². The van der Waals surface area contributed by atoms with Gasteiger partial charge in [0.1, 0.15) is 0 Å². The average Bonchev–Trinajstić information content (AvgIpc) is 2.88. The summed E-state index contributed by atoms with van der Waals surface area (Å²) in [5.74, 6) is 2.04. The number of hydrogen-bond acceptors (Lipinski definition) is 2. The molecule has 1 aromatic rings. The number of hydrogen-bond donors (Lipinski definition) is 2. The number of carbonyl (C=O) groups excluding carboxylic acids is 1. The van der Waals surface area contributed by atoms with Gasteiger partial charge < -0.3 is 10.4 Å². The molecule has 0 spiro atoms. The maximum Gasteiger partial charge on any atom is 0.335 e. The zero-order chi connectivity index (χ0) is 13.9. The molecule has 104 valence electrons. The molecule has 4 nitrogen and oxygen atoms in total. The largest absolute Gasteiger partial charge is 0.478 e. The van der Waals surface area contributed by atoms with Crippen LogP contribution in [0.3, 0.4) is 0 Å². The summed E-state index contributed by atoms with van der Waals surface area (Å²) in [4.78, 5) is 23.3. The molecular weight excluding hydrogens is 254 g/mol. The molecule has 3 aliphatic carbocycles. The predicted molar refractivity (Wildman–Crippen MR) is 73.3 cm³/mol. The van der Waals surface area contributed by atoms with Gasteiger partial charge in [0.25, 0.3) is 0 Å². The fourth-order valence-corrected chi connectivity index (χ4v) is 4.63. The number of carboxylic acid groups (broad SMARTS) is 1. The van der Waals surface area contributed by atoms with E-state index >= 15 is 0 Å². The van der Waals surface area contributed by atoms with Crippen LogP contribution in [0.2, 0.25) is 0 Å². The number of benzene rings is 1. The van der Waals surface area contributed by atoms with Crippen LogP contribution in [0.4, 0.5) is 5.69 Å². The maximum absolute atomic E-state index is 12.3. The highest BCUT2D eigenvalue weighted by molar-refractivity contribution is 5.96. The molecule has 4 rings (SSSR count). The van der Waals surface area contributed by atoms with Gasteiger partial charge in [0, 0.05) is 11.6 Å². The maximum atomic E-state index is 12.3. The van der Waals surface area contributed by atoms with Crippen molar-refractivity contribution in [2.24, 2.45) is 29.6 Å². The van der Waals surface area contributed by atoms with Gasteiger partial charge in [0.15, 0.2) is 0 Å². The molecule has 1 aromatic carbocycles. The van der Waals surface area contributed by atoms with E-state index in [4.69, 9.17) is 5.11 Å². The van der Waals surface area contributed by atoms with Crippen molar-refractivity contribution in [3.63, 3.8) is 0 Å². The molecule has 4 unspecified atom stereocenters. The summed E-state index contributed by atoms with van der Waals surface area (Å²) in [7, 11) is 0. The minimum Gasteiger partial charge on any atom is -0.478 e. The SMILES string of the molecule is O=C(O)c1cccc(NC(=O)C2C3C4CCC(C4)C23)c1. The van der Waals surface area contributed by atoms with Crippen LogP contribution < -0.4 is 5.32 Å². The second kappa shape index (κ2) is 4.08. The first-order valence-electron chi connectivity index (χ1n) is 7.29. The van der Waals surface area contributed by atoms with Crippen LogP contribution in [0, 0.1) is 29.6 Å². The first-order valence-corrected chi connectivity index (χ1v) is 7.29. The lowest BCUT2D eigenvalue weighted by Gasteiger charge is -2.10. The normalized spacial score (nSPS) is 36.5. The highest BCUT2D eigenvalue weighted by Gasteiger charge is 2.67. The quantitative estimate of drug-likeness (QED) is 0.888. The van der Waals surface area contributed by atoms with Gasteiger partial charge in [-0.15, -0.1) is 0 Å². The molecule has 20 heavy (non-hydrogen) atoms. The van der Waals surface area contributed by atoms with Crippen molar-refractivity contribution in [2.75, 3.05) is 5.32 Å². The van der Waals surface area contributed by atoms with E-state index in [0.29, 0.717) is 17.5 Å². The molecule has 3 saturated carbocycles. The van der Waals surface area contributed by atoms with Gasteiger partial charge in [0.2, 0.25) is 5.91 Å². The Balaban J connectivity index is 1.46. The zero-order valence-corrected chi connectivity index (χ0v) is 11.1. The Morgan fingerprint density at radius 1 is 1.15 bits per heavy atom. The fourth-order valence-electron chi connectivity index (χ4n) is 4.63. The summed E-state index contributed by atoms with van der Waals surface area (Å²) in [6.07, 6.45) is 3.92. The van der Waals surface area contributed by atoms with Crippen LogP contribution in [-0.2, 0) is 4.79 Å². The third-order valence-electron chi connectivity index (χ3n) is 5.42. The Bertz CT molecular complexity index is 581. The first kappa shape index (κ1) is 11.9. The third kappa shape index (κ3) is 1.67. The Labute approximate surface area is 117 Å². The summed E-state index contributed by atoms with van der Waals surface area (Å²) < 4.78 is 0. The van der Waals surface area contributed by atoms with Crippen LogP contribution in [0.5, 0.6) is 0 Å². The van der Waals surface area contributed by atoms with E-state index in [-0.39, 0.29) is 17.4 Å². The van der Waals surface area contributed by atoms with Gasteiger partial charge >= 0.3 is 5.97 Å². The van der Waals surface area contributed by atoms with Gasteiger partial charge in [-0.2, -0.15) is 0 Å². The van der Waals surface area contributed by atoms with E-state index in [2.05, 4.69) is 5.32 Å². The summed E-state index contributed by atoms with van der Waals surface area (Å²) >= 11 is 0. The molecule has 4 heteroatoms. The van der Waals surface area contributed by atoms with E-state index in [1.54, 1.807) is 12.1 Å². The molecule has 3 aliphatic rings. The van der Waals surface area contributed by atoms with Gasteiger partial charge in [-0.05, 0) is 61.1 Å². The predicted octanol–water partition coefficient (Wildman–Crippen LogP) is 2.62. The second-order valence-corrected chi connectivity index (χ2v) is 6.39. The number of anilines is 1. The lowest BCUT2D eigenvalue weighted by molar-refractivity contribution is -0.118. The van der Waals surface area contributed by atoms with Crippen LogP contribution >= 0.6 is 0 Å². The number of carboxylic acids is 1. The number of amides is 1. The van der Waals surface area contributed by atoms with Crippen LogP contribution in [-0.4, -0.2) is 17.0 Å². The number of fused-ring (bicyclic) bond motifs is 5. The van der Waals surface area contributed by atoms with Crippen molar-refractivity contribution in [3.05, 3.63) is 29.8 Å². The lowest BCUT2D eigenvalue weighted by Crippen LogP contribution is -2.18. The molecule has 0 aliphatic heterocycles. The molecule has 0 aromatic heterocycles. The Morgan fingerprint density at radius 3 is 2.50 bits per heavy atom. The van der Waals surface area contributed by atoms with Crippen LogP contribution in [0.15, 0.2) is 24.3 Å². The second-order valence-electron chi connectivity index (χ2n) is 6.39. The number of aromatic carboxylic acids is 1. The fraction of sp³-hybridized carbons (Fsp3) is 0.500. The molecule has 0 radical (unpaired) electrons. The minimum absolute atomic E-state index is 0.0825. The van der Waals surface area contributed by atoms with Crippen molar-refractivity contribution in [1.82, 2.24) is 0 Å². The Kier molecular flexibility index (Phi) is 2.43. The molecule has 1 amide bonds. The minimum atomic E-state index is -0.970. The number of rotatable bonds is 3. The average molecular weight is 271 g/mol. The summed E-state index contributed by atoms with van der Waals surface area (Å²) in [5, 5.41) is 11.9. The van der Waals surface area contributed by atoms with E-state index in [9.17, 15) is 9.59 Å². The molecule has 0 heterocycles. The summed E-state index contributed by atoms with van der Waals surface area (Å²) in [5.41, 5.74) is 0.797. The van der Waals surface area contributed by atoms with Gasteiger partial charge in [-0.25, -0.2) is 4.79 Å². The van der Waals surface area contributed by atoms with Crippen molar-refractivity contribution in [1.29, 1.82) is 0 Å². The monoisotopic (exact) mass is 271 g/mol. The molecular formula is C16H17NO3. The number of nitrogens with one attached hydrogen (secondary N) is 1. The van der Waals surface area contributed by atoms with E-state index in [1.165, 1.54) is 31.4 Å². The van der Waals surface area contributed by atoms with Crippen molar-refractivity contribution in [3.8, 4) is 0 Å². The van der Waals surface area contributed by atoms with Crippen molar-refractivity contribution in [2.45, 2.75) is 19.3 Å². The van der Waals surface area contributed by atoms with Crippen LogP contribution in [0.1, 0.15) is 29.6 Å². The number of carbonyl (C=O) groups is 2. The summed E-state index contributed by atoms with van der Waals surface area (Å²) in [6.45, 7) is 0. The zero-order valence-electron chi connectivity index (χ0n) is 11.1.